The van der Waals surface area contributed by atoms with Gasteiger partial charge in [0.25, 0.3) is 0 Å². The molecule has 0 aliphatic heterocycles. The number of aryl methyl sites for hydroxylation is 2. The highest BCUT2D eigenvalue weighted by molar-refractivity contribution is 6.15. The predicted octanol–water partition coefficient (Wildman–Crippen LogP) is 17.0. The summed E-state index contributed by atoms with van der Waals surface area (Å²) in [6.45, 7) is 0. The maximum absolute atomic E-state index is 5.46. The summed E-state index contributed by atoms with van der Waals surface area (Å²) in [4.78, 5) is 10.9. The van der Waals surface area contributed by atoms with Gasteiger partial charge in [0.15, 0.2) is 0 Å². The van der Waals surface area contributed by atoms with Crippen molar-refractivity contribution in [1.82, 2.24) is 14.5 Å². The van der Waals surface area contributed by atoms with Crippen molar-refractivity contribution in [3.8, 4) is 95.2 Å². The molecule has 0 N–H and O–H groups in total. The van der Waals surface area contributed by atoms with Gasteiger partial charge in [-0.25, -0.2) is 9.97 Å². The van der Waals surface area contributed by atoms with Crippen molar-refractivity contribution in [3.63, 3.8) is 0 Å². The van der Waals surface area contributed by atoms with Crippen molar-refractivity contribution in [2.24, 2.45) is 0 Å². The molecule has 324 valence electrons. The molecule has 0 spiro atoms. The molecule has 3 nitrogen and oxygen atoms in total. The molecule has 1 aliphatic rings. The van der Waals surface area contributed by atoms with Crippen LogP contribution in [0.5, 0.6) is 0 Å². The van der Waals surface area contributed by atoms with E-state index in [1.807, 2.05) is 0 Å². The van der Waals surface area contributed by atoms with Gasteiger partial charge < -0.3 is 4.57 Å². The lowest BCUT2D eigenvalue weighted by atomic mass is 9.87. The van der Waals surface area contributed by atoms with Gasteiger partial charge in [0.2, 0.25) is 0 Å². The zero-order valence-corrected chi connectivity index (χ0v) is 37.9. The molecule has 0 atom stereocenters. The third-order valence-corrected chi connectivity index (χ3v) is 13.8. The third kappa shape index (κ3) is 7.51. The Morgan fingerprint density at radius 3 is 0.870 bits per heavy atom. The second-order valence-corrected chi connectivity index (χ2v) is 18.1. The number of benzene rings is 9. The Balaban J connectivity index is 1.11. The van der Waals surface area contributed by atoms with Crippen LogP contribution in [-0.2, 0) is 12.8 Å². The number of rotatable bonds is 9. The van der Waals surface area contributed by atoms with Crippen molar-refractivity contribution in [3.05, 3.63) is 260 Å². The van der Waals surface area contributed by atoms with Gasteiger partial charge in [0.1, 0.15) is 0 Å². The fraction of sp³-hybridized carbons (Fsp3) is 0.0303. The number of aromatic nitrogens is 3. The van der Waals surface area contributed by atoms with E-state index in [9.17, 15) is 0 Å². The van der Waals surface area contributed by atoms with Crippen LogP contribution in [0.15, 0.2) is 249 Å². The van der Waals surface area contributed by atoms with Crippen molar-refractivity contribution >= 4 is 21.8 Å². The maximum atomic E-state index is 5.46. The van der Waals surface area contributed by atoms with Gasteiger partial charge in [-0.3, -0.25) is 0 Å². The van der Waals surface area contributed by atoms with Crippen LogP contribution in [0.1, 0.15) is 11.1 Å². The first kappa shape index (κ1) is 40.4. The molecule has 0 unspecified atom stereocenters. The molecule has 3 heterocycles. The second kappa shape index (κ2) is 17.1. The highest BCUT2D eigenvalue weighted by Gasteiger charge is 2.26. The first-order chi connectivity index (χ1) is 34.2. The third-order valence-electron chi connectivity index (χ3n) is 13.8. The van der Waals surface area contributed by atoms with Crippen molar-refractivity contribution in [1.29, 1.82) is 0 Å². The van der Waals surface area contributed by atoms with Gasteiger partial charge >= 0.3 is 0 Å². The molecule has 0 fully saturated rings. The molecule has 3 aromatic heterocycles. The molecular formula is C66H45N3. The summed E-state index contributed by atoms with van der Waals surface area (Å²) in [6, 6.07) is 89.8. The molecule has 13 rings (SSSR count). The molecule has 0 radical (unpaired) electrons. The average molecular weight is 880 g/mol. The highest BCUT2D eigenvalue weighted by atomic mass is 15.0. The van der Waals surface area contributed by atoms with Crippen LogP contribution >= 0.6 is 0 Å². The Morgan fingerprint density at radius 2 is 0.536 bits per heavy atom. The second-order valence-electron chi connectivity index (χ2n) is 18.1. The Kier molecular flexibility index (Phi) is 9.98. The van der Waals surface area contributed by atoms with Gasteiger partial charge in [0, 0.05) is 38.7 Å². The minimum atomic E-state index is 0.913. The zero-order valence-electron chi connectivity index (χ0n) is 37.9. The molecule has 12 aromatic rings. The van der Waals surface area contributed by atoms with Crippen LogP contribution in [0.4, 0.5) is 0 Å². The lowest BCUT2D eigenvalue weighted by Crippen LogP contribution is -2.01. The molecule has 0 saturated carbocycles. The van der Waals surface area contributed by atoms with Crippen LogP contribution < -0.4 is 0 Å². The SMILES string of the molecule is c1ccc(-c2cc(-c3ccccc3)cc(-n3c4cc(-c5cc(-c6ccccc6)cc(-c6ccccc6)n5)cc5c4c4c(cc(-c6cc(-c7ccccc7)cc(-c7ccccc7)n6)cc43)CC5)c2)cc1. The van der Waals surface area contributed by atoms with E-state index >= 15 is 0 Å². The molecule has 0 saturated heterocycles. The normalized spacial score (nSPS) is 11.9. The number of hydrogen-bond acceptors (Lipinski definition) is 2. The Labute approximate surface area is 402 Å². The summed E-state index contributed by atoms with van der Waals surface area (Å²) in [5.74, 6) is 0. The fourth-order valence-electron chi connectivity index (χ4n) is 10.5. The predicted molar refractivity (Wildman–Crippen MR) is 287 cm³/mol. The number of nitrogens with zero attached hydrogens (tertiary/aromatic N) is 3. The number of pyridine rings is 2. The van der Waals surface area contributed by atoms with Gasteiger partial charge in [-0.2, -0.15) is 0 Å². The van der Waals surface area contributed by atoms with Gasteiger partial charge in [-0.1, -0.05) is 182 Å². The minimum Gasteiger partial charge on any atom is -0.309 e. The molecular weight excluding hydrogens is 835 g/mol. The van der Waals surface area contributed by atoms with Crippen molar-refractivity contribution < 1.29 is 0 Å². The average Bonchev–Trinajstić information content (AvgIpc) is 3.78. The highest BCUT2D eigenvalue weighted by Crippen LogP contribution is 2.46. The first-order valence-electron chi connectivity index (χ1n) is 23.8. The summed E-state index contributed by atoms with van der Waals surface area (Å²) in [7, 11) is 0. The van der Waals surface area contributed by atoms with E-state index in [2.05, 4.69) is 253 Å². The van der Waals surface area contributed by atoms with E-state index in [4.69, 9.17) is 9.97 Å². The molecule has 3 heteroatoms. The first-order valence-corrected chi connectivity index (χ1v) is 23.8. The lowest BCUT2D eigenvalue weighted by Gasteiger charge is -2.17. The van der Waals surface area contributed by atoms with Gasteiger partial charge in [-0.05, 0) is 135 Å². The molecule has 0 amide bonds. The van der Waals surface area contributed by atoms with E-state index in [1.165, 1.54) is 66.3 Å². The van der Waals surface area contributed by atoms with Crippen molar-refractivity contribution in [2.75, 3.05) is 0 Å². The van der Waals surface area contributed by atoms with E-state index < -0.39 is 0 Å². The summed E-state index contributed by atoms with van der Waals surface area (Å²) in [5.41, 5.74) is 23.7. The summed E-state index contributed by atoms with van der Waals surface area (Å²) in [5, 5.41) is 2.62. The zero-order chi connectivity index (χ0) is 45.7. The molecule has 1 aliphatic carbocycles. The summed E-state index contributed by atoms with van der Waals surface area (Å²) >= 11 is 0. The van der Waals surface area contributed by atoms with Crippen LogP contribution in [0.25, 0.3) is 117 Å². The van der Waals surface area contributed by atoms with Crippen molar-refractivity contribution in [2.45, 2.75) is 12.8 Å². The standard InChI is InChI=1S/C66H45N3/c1-7-19-44(20-8-1)52-35-53(45-21-9-2-10-22-45)37-58(36-52)69-63-42-56(61-40-54(46-23-11-3-12-24-46)38-59(67-61)48-27-15-5-16-28-48)33-50-31-32-51-34-57(43-64(69)66(51)65(50)63)62-41-55(47-25-13-4-14-26-47)39-60(68-62)49-29-17-6-18-30-49/h1-30,33-43H,31-32H2. The smallest absolute Gasteiger partial charge is 0.0716 e. The minimum absolute atomic E-state index is 0.913. The monoisotopic (exact) mass is 879 g/mol. The molecule has 9 aromatic carbocycles. The fourth-order valence-corrected chi connectivity index (χ4v) is 10.5. The van der Waals surface area contributed by atoms with E-state index in [-0.39, 0.29) is 0 Å². The summed E-state index contributed by atoms with van der Waals surface area (Å²) < 4.78 is 2.53. The Hall–Kier alpha value is -8.92. The van der Waals surface area contributed by atoms with E-state index in [0.29, 0.717) is 0 Å². The molecule has 69 heavy (non-hydrogen) atoms. The van der Waals surface area contributed by atoms with Gasteiger partial charge in [0.05, 0.1) is 33.8 Å². The van der Waals surface area contributed by atoms with E-state index in [0.717, 1.165) is 74.7 Å². The van der Waals surface area contributed by atoms with E-state index in [1.54, 1.807) is 0 Å². The molecule has 0 bridgehead atoms. The van der Waals surface area contributed by atoms with Crippen LogP contribution in [0.3, 0.4) is 0 Å². The largest absolute Gasteiger partial charge is 0.309 e. The Morgan fingerprint density at radius 1 is 0.246 bits per heavy atom. The quantitative estimate of drug-likeness (QED) is 0.145. The summed E-state index contributed by atoms with van der Waals surface area (Å²) in [6.07, 6.45) is 1.83. The van der Waals surface area contributed by atoms with Crippen LogP contribution in [-0.4, -0.2) is 14.5 Å². The topological polar surface area (TPSA) is 30.7 Å². The van der Waals surface area contributed by atoms with Gasteiger partial charge in [-0.15, -0.1) is 0 Å². The van der Waals surface area contributed by atoms with Crippen LogP contribution in [0, 0.1) is 0 Å². The van der Waals surface area contributed by atoms with Crippen LogP contribution in [0.2, 0.25) is 0 Å². The Bertz CT molecular complexity index is 3480. The number of hydrogen-bond donors (Lipinski definition) is 0. The lowest BCUT2D eigenvalue weighted by molar-refractivity contribution is 0.969. The maximum Gasteiger partial charge on any atom is 0.0716 e.